The first-order valence-electron chi connectivity index (χ1n) is 8.53. The van der Waals surface area contributed by atoms with Crippen LogP contribution >= 0.6 is 0 Å². The molecule has 5 rings (SSSR count). The molecule has 5 nitrogen and oxygen atoms in total. The number of nitrogens with one attached hydrogen (secondary N) is 1. The number of amides is 1. The Balaban J connectivity index is 1.56. The van der Waals surface area contributed by atoms with Gasteiger partial charge in [-0.05, 0) is 50.0 Å². The third-order valence-electron chi connectivity index (χ3n) is 5.13. The second-order valence-corrected chi connectivity index (χ2v) is 6.62. The Kier molecular flexibility index (Phi) is 4.02. The van der Waals surface area contributed by atoms with Crippen molar-refractivity contribution >= 4 is 16.9 Å². The second-order valence-electron chi connectivity index (χ2n) is 6.62. The van der Waals surface area contributed by atoms with E-state index in [2.05, 4.69) is 16.8 Å². The quantitative estimate of drug-likeness (QED) is 0.859. The Morgan fingerprint density at radius 1 is 1.42 bits per heavy atom. The number of carbonyl (C=O) groups excluding carboxylic acids is 1. The molecule has 0 radical (unpaired) electrons. The molecule has 5 heteroatoms. The van der Waals surface area contributed by atoms with Gasteiger partial charge in [0.2, 0.25) is 0 Å². The maximum absolute atomic E-state index is 12.7. The third-order valence-corrected chi connectivity index (χ3v) is 5.13. The van der Waals surface area contributed by atoms with Gasteiger partial charge in [0.25, 0.3) is 5.91 Å². The van der Waals surface area contributed by atoms with Crippen molar-refractivity contribution in [1.82, 2.24) is 10.2 Å². The Hall–Kier alpha value is -2.27. The number of carbonyl (C=O) groups is 1. The van der Waals surface area contributed by atoms with Crippen LogP contribution < -0.4 is 10.1 Å². The highest BCUT2D eigenvalue weighted by molar-refractivity contribution is 5.99. The first-order valence-corrected chi connectivity index (χ1v) is 8.53. The van der Waals surface area contributed by atoms with Crippen LogP contribution in [0, 0.1) is 5.92 Å². The summed E-state index contributed by atoms with van der Waals surface area (Å²) in [5, 5.41) is 4.08. The van der Waals surface area contributed by atoms with Gasteiger partial charge < -0.3 is 19.4 Å². The number of hydrogen-bond acceptors (Lipinski definition) is 4. The van der Waals surface area contributed by atoms with Crippen molar-refractivity contribution < 1.29 is 13.9 Å². The monoisotopic (exact) mass is 326 g/mol. The molecule has 1 amide bonds. The third kappa shape index (κ3) is 2.80. The van der Waals surface area contributed by atoms with Crippen LogP contribution in [0.25, 0.3) is 11.0 Å². The Bertz CT molecular complexity index is 759. The highest BCUT2D eigenvalue weighted by atomic mass is 16.5. The number of fused-ring (bicyclic) bond motifs is 4. The summed E-state index contributed by atoms with van der Waals surface area (Å²) in [6.45, 7) is 7.34. The molecule has 1 aromatic carbocycles. The molecule has 3 aliphatic rings. The summed E-state index contributed by atoms with van der Waals surface area (Å²) in [4.78, 5) is 15.2. The summed E-state index contributed by atoms with van der Waals surface area (Å²) in [6.07, 6.45) is 5.65. The fourth-order valence-corrected chi connectivity index (χ4v) is 3.82. The zero-order valence-electron chi connectivity index (χ0n) is 13.7. The summed E-state index contributed by atoms with van der Waals surface area (Å²) in [5.74, 6) is 1.19. The number of hydrogen-bond donors (Lipinski definition) is 1. The highest BCUT2D eigenvalue weighted by Gasteiger charge is 2.35. The van der Waals surface area contributed by atoms with Crippen molar-refractivity contribution in [1.29, 1.82) is 0 Å². The van der Waals surface area contributed by atoms with Gasteiger partial charge in [-0.25, -0.2) is 0 Å². The molecule has 1 atom stereocenters. The van der Waals surface area contributed by atoms with Gasteiger partial charge in [-0.2, -0.15) is 0 Å². The average Bonchev–Trinajstić information content (AvgIpc) is 3.09. The van der Waals surface area contributed by atoms with Gasteiger partial charge in [0.15, 0.2) is 0 Å². The van der Waals surface area contributed by atoms with Gasteiger partial charge in [0.05, 0.1) is 11.6 Å². The van der Waals surface area contributed by atoms with E-state index in [0.717, 1.165) is 25.0 Å². The zero-order valence-corrected chi connectivity index (χ0v) is 13.7. The highest BCUT2D eigenvalue weighted by Crippen LogP contribution is 2.30. The molecular weight excluding hydrogens is 304 g/mol. The van der Waals surface area contributed by atoms with Gasteiger partial charge in [-0.3, -0.25) is 4.79 Å². The maximum atomic E-state index is 12.7. The number of piperidine rings is 3. The van der Waals surface area contributed by atoms with Gasteiger partial charge in [0, 0.05) is 18.2 Å². The smallest absolute Gasteiger partial charge is 0.251 e. The van der Waals surface area contributed by atoms with Gasteiger partial charge in [-0.15, -0.1) is 0 Å². The van der Waals surface area contributed by atoms with Crippen molar-refractivity contribution in [2.75, 3.05) is 26.2 Å². The minimum absolute atomic E-state index is 0.0597. The molecule has 2 bridgehead atoms. The van der Waals surface area contributed by atoms with Crippen molar-refractivity contribution in [3.63, 3.8) is 0 Å². The number of ether oxygens (including phenoxy) is 1. The van der Waals surface area contributed by atoms with E-state index in [1.165, 1.54) is 12.8 Å². The topological polar surface area (TPSA) is 54.7 Å². The molecule has 1 unspecified atom stereocenters. The minimum atomic E-state index is -0.0597. The number of rotatable bonds is 5. The predicted octanol–water partition coefficient (Wildman–Crippen LogP) is 2.82. The van der Waals surface area contributed by atoms with Crippen LogP contribution in [0.4, 0.5) is 0 Å². The van der Waals surface area contributed by atoms with Crippen molar-refractivity contribution in [2.45, 2.75) is 18.9 Å². The van der Waals surface area contributed by atoms with Gasteiger partial charge in [-0.1, -0.05) is 12.7 Å². The Morgan fingerprint density at radius 2 is 2.25 bits per heavy atom. The van der Waals surface area contributed by atoms with Gasteiger partial charge >= 0.3 is 0 Å². The molecule has 24 heavy (non-hydrogen) atoms. The van der Waals surface area contributed by atoms with Crippen LogP contribution in [0.3, 0.4) is 0 Å². The first-order chi connectivity index (χ1) is 11.7. The van der Waals surface area contributed by atoms with E-state index in [1.54, 1.807) is 24.5 Å². The zero-order chi connectivity index (χ0) is 16.5. The molecule has 0 spiro atoms. The second kappa shape index (κ2) is 6.32. The van der Waals surface area contributed by atoms with Crippen molar-refractivity contribution in [3.05, 3.63) is 42.7 Å². The van der Waals surface area contributed by atoms with E-state index in [-0.39, 0.29) is 11.9 Å². The van der Waals surface area contributed by atoms with Crippen LogP contribution in [0.1, 0.15) is 23.2 Å². The van der Waals surface area contributed by atoms with E-state index >= 15 is 0 Å². The molecule has 2 aromatic rings. The molecule has 4 heterocycles. The lowest BCUT2D eigenvalue weighted by Crippen LogP contribution is -2.57. The normalized spacial score (nSPS) is 25.6. The number of furan rings is 1. The first kappa shape index (κ1) is 15.3. The Morgan fingerprint density at radius 3 is 2.96 bits per heavy atom. The lowest BCUT2D eigenvalue weighted by atomic mass is 9.84. The van der Waals surface area contributed by atoms with E-state index < -0.39 is 0 Å². The van der Waals surface area contributed by atoms with E-state index in [1.807, 2.05) is 6.07 Å². The summed E-state index contributed by atoms with van der Waals surface area (Å²) < 4.78 is 11.2. The summed E-state index contributed by atoms with van der Waals surface area (Å²) in [6, 6.07) is 5.66. The van der Waals surface area contributed by atoms with Crippen LogP contribution in [0.2, 0.25) is 0 Å². The molecule has 0 saturated carbocycles. The fraction of sp³-hybridized carbons (Fsp3) is 0.421. The largest absolute Gasteiger partial charge is 0.489 e. The molecule has 3 aliphatic heterocycles. The van der Waals surface area contributed by atoms with Crippen LogP contribution in [-0.4, -0.2) is 43.1 Å². The van der Waals surface area contributed by atoms with Gasteiger partial charge in [0.1, 0.15) is 17.9 Å². The molecule has 1 N–H and O–H groups in total. The molecular formula is C19H22N2O3. The molecule has 126 valence electrons. The SMILES string of the molecule is C=CCOc1cc(C(=O)NC2CN3CCC2CC3)cc2occc12. The predicted molar refractivity (Wildman–Crippen MR) is 92.3 cm³/mol. The Labute approximate surface area is 141 Å². The van der Waals surface area contributed by atoms with Crippen molar-refractivity contribution in [3.8, 4) is 5.75 Å². The van der Waals surface area contributed by atoms with Crippen LogP contribution in [0.15, 0.2) is 41.5 Å². The molecule has 3 saturated heterocycles. The van der Waals surface area contributed by atoms with E-state index in [4.69, 9.17) is 9.15 Å². The van der Waals surface area contributed by atoms with E-state index in [0.29, 0.717) is 29.4 Å². The lowest BCUT2D eigenvalue weighted by molar-refractivity contribution is 0.0620. The molecule has 1 aromatic heterocycles. The van der Waals surface area contributed by atoms with Crippen molar-refractivity contribution in [2.24, 2.45) is 5.92 Å². The average molecular weight is 326 g/mol. The summed E-state index contributed by atoms with van der Waals surface area (Å²) in [7, 11) is 0. The summed E-state index contributed by atoms with van der Waals surface area (Å²) >= 11 is 0. The van der Waals surface area contributed by atoms with E-state index in [9.17, 15) is 4.79 Å². The number of nitrogens with zero attached hydrogens (tertiary/aromatic N) is 1. The lowest BCUT2D eigenvalue weighted by Gasteiger charge is -2.44. The van der Waals surface area contributed by atoms with Crippen LogP contribution in [-0.2, 0) is 0 Å². The fourth-order valence-electron chi connectivity index (χ4n) is 3.82. The maximum Gasteiger partial charge on any atom is 0.251 e. The molecule has 3 fully saturated rings. The summed E-state index contributed by atoms with van der Waals surface area (Å²) in [5.41, 5.74) is 1.24. The molecule has 0 aliphatic carbocycles. The minimum Gasteiger partial charge on any atom is -0.489 e. The standard InChI is InChI=1S/C19H22N2O3/c1-2-8-23-17-10-14(11-18-15(17)5-9-24-18)19(22)20-16-12-21-6-3-13(16)4-7-21/h2,5,9-11,13,16H,1,3-4,6-8,12H2,(H,20,22). The van der Waals surface area contributed by atoms with Crippen LogP contribution in [0.5, 0.6) is 5.75 Å². The number of benzene rings is 1.